The Hall–Kier alpha value is -0.223. The van der Waals surface area contributed by atoms with Crippen LogP contribution in [-0.2, 0) is 0 Å². The summed E-state index contributed by atoms with van der Waals surface area (Å²) >= 11 is 0. The van der Waals surface area contributed by atoms with Crippen LogP contribution in [-0.4, -0.2) is 10.2 Å². The minimum Gasteiger partial charge on any atom is -0.144 e. The summed E-state index contributed by atoms with van der Waals surface area (Å²) in [6, 6.07) is 0. The molecule has 0 heterocycles. The van der Waals surface area contributed by atoms with Gasteiger partial charge < -0.3 is 0 Å². The van der Waals surface area contributed by atoms with Gasteiger partial charge in [0.1, 0.15) is 0 Å². The van der Waals surface area contributed by atoms with Crippen molar-refractivity contribution in [3.8, 4) is 11.5 Å². The molecule has 0 aliphatic heterocycles. The van der Waals surface area contributed by atoms with Crippen LogP contribution in [0.3, 0.4) is 0 Å². The molecule has 0 atom stereocenters. The van der Waals surface area contributed by atoms with Gasteiger partial charge in [0.25, 0.3) is 0 Å². The fraction of sp³-hybridized carbons (Fsp3) is 0.833. The van der Waals surface area contributed by atoms with Crippen molar-refractivity contribution in [2.24, 2.45) is 5.41 Å². The highest BCUT2D eigenvalue weighted by molar-refractivity contribution is 6.22. The Bertz CT molecular complexity index is 161. The van der Waals surface area contributed by atoms with Gasteiger partial charge >= 0.3 is 0 Å². The monoisotopic (exact) mass is 196 g/mol. The smallest absolute Gasteiger partial charge is 0.0906 e. The lowest BCUT2D eigenvalue weighted by Crippen LogP contribution is -2.17. The third-order valence-electron chi connectivity index (χ3n) is 3.44. The van der Waals surface area contributed by atoms with Crippen LogP contribution in [0.5, 0.6) is 0 Å². The first-order valence-corrected chi connectivity index (χ1v) is 6.64. The van der Waals surface area contributed by atoms with E-state index in [4.69, 9.17) is 0 Å². The summed E-state index contributed by atoms with van der Waals surface area (Å²) in [4.78, 5) is 0. The second-order valence-electron chi connectivity index (χ2n) is 3.84. The van der Waals surface area contributed by atoms with Crippen molar-refractivity contribution in [1.82, 2.24) is 0 Å². The van der Waals surface area contributed by atoms with Gasteiger partial charge in [-0.05, 0) is 18.3 Å². The van der Waals surface area contributed by atoms with Crippen LogP contribution < -0.4 is 0 Å². The minimum atomic E-state index is 0.618. The second-order valence-corrected chi connectivity index (χ2v) is 4.34. The van der Waals surface area contributed by atoms with Gasteiger partial charge in [0, 0.05) is 6.42 Å². The summed E-state index contributed by atoms with van der Waals surface area (Å²) in [6.45, 7) is 6.97. The number of hydrogen-bond donors (Lipinski definition) is 0. The van der Waals surface area contributed by atoms with Crippen LogP contribution in [0.4, 0.5) is 0 Å². The third-order valence-corrected chi connectivity index (χ3v) is 3.79. The van der Waals surface area contributed by atoms with Gasteiger partial charge in [0.05, 0.1) is 10.2 Å². The van der Waals surface area contributed by atoms with E-state index in [1.54, 1.807) is 0 Å². The molecule has 0 aromatic carbocycles. The van der Waals surface area contributed by atoms with Crippen molar-refractivity contribution < 1.29 is 0 Å². The average Bonchev–Trinajstić information content (AvgIpc) is 2.20. The topological polar surface area (TPSA) is 0 Å². The number of unbranched alkanes of at least 4 members (excludes halogenated alkanes) is 1. The molecule has 0 amide bonds. The molecule has 0 rings (SSSR count). The lowest BCUT2D eigenvalue weighted by molar-refractivity contribution is 0.224. The van der Waals surface area contributed by atoms with Gasteiger partial charge in [-0.1, -0.05) is 40.0 Å². The molecular weight excluding hydrogens is 172 g/mol. The van der Waals surface area contributed by atoms with Gasteiger partial charge in [-0.25, -0.2) is 0 Å². The standard InChI is InChI=1S/C12H24Si/c1-4-12(5-2,6-3)10-8-7-9-11-13/h4-8,10H2,1-3,13H3. The molecule has 0 saturated carbocycles. The van der Waals surface area contributed by atoms with Gasteiger partial charge in [-0.2, -0.15) is 0 Å². The zero-order chi connectivity index (χ0) is 10.2. The van der Waals surface area contributed by atoms with E-state index in [1.807, 2.05) is 0 Å². The maximum atomic E-state index is 3.20. The summed E-state index contributed by atoms with van der Waals surface area (Å²) in [5, 5.41) is 0. The molecule has 0 aliphatic rings. The van der Waals surface area contributed by atoms with Gasteiger partial charge in [0.2, 0.25) is 0 Å². The van der Waals surface area contributed by atoms with Crippen molar-refractivity contribution in [1.29, 1.82) is 0 Å². The molecule has 0 radical (unpaired) electrons. The van der Waals surface area contributed by atoms with Crippen molar-refractivity contribution in [2.45, 2.75) is 59.3 Å². The summed E-state index contributed by atoms with van der Waals surface area (Å²) in [6.07, 6.45) is 7.76. The fourth-order valence-corrected chi connectivity index (χ4v) is 2.21. The van der Waals surface area contributed by atoms with Crippen molar-refractivity contribution >= 4 is 10.2 Å². The molecule has 0 bridgehead atoms. The van der Waals surface area contributed by atoms with Gasteiger partial charge in [-0.15, -0.1) is 11.5 Å². The van der Waals surface area contributed by atoms with Gasteiger partial charge in [0.15, 0.2) is 0 Å². The molecule has 0 saturated heterocycles. The first-order chi connectivity index (χ1) is 6.24. The maximum Gasteiger partial charge on any atom is 0.0906 e. The Balaban J connectivity index is 3.85. The SMILES string of the molecule is CCC(CC)(CC)CCCC#C[SiH3]. The zero-order valence-electron chi connectivity index (χ0n) is 9.74. The van der Waals surface area contributed by atoms with Crippen LogP contribution in [0.2, 0.25) is 0 Å². The molecule has 0 fully saturated rings. The molecule has 13 heavy (non-hydrogen) atoms. The van der Waals surface area contributed by atoms with Crippen molar-refractivity contribution in [3.63, 3.8) is 0 Å². The second kappa shape index (κ2) is 7.21. The molecule has 0 aromatic rings. The van der Waals surface area contributed by atoms with E-state index >= 15 is 0 Å². The highest BCUT2D eigenvalue weighted by atomic mass is 28.1. The minimum absolute atomic E-state index is 0.618. The van der Waals surface area contributed by atoms with E-state index in [1.165, 1.54) is 32.1 Å². The van der Waals surface area contributed by atoms with E-state index in [9.17, 15) is 0 Å². The molecule has 76 valence electrons. The van der Waals surface area contributed by atoms with Crippen LogP contribution in [0.25, 0.3) is 0 Å². The van der Waals surface area contributed by atoms with E-state index in [2.05, 4.69) is 32.2 Å². The number of hydrogen-bond acceptors (Lipinski definition) is 0. The Morgan fingerprint density at radius 1 is 1.08 bits per heavy atom. The first-order valence-electron chi connectivity index (χ1n) is 5.64. The summed E-state index contributed by atoms with van der Waals surface area (Å²) in [5.41, 5.74) is 3.71. The molecule has 0 aliphatic carbocycles. The maximum absolute atomic E-state index is 3.20. The fourth-order valence-electron chi connectivity index (χ4n) is 1.96. The van der Waals surface area contributed by atoms with E-state index in [-0.39, 0.29) is 0 Å². The van der Waals surface area contributed by atoms with Crippen molar-refractivity contribution in [2.75, 3.05) is 0 Å². The first kappa shape index (κ1) is 12.8. The molecular formula is C12H24Si. The predicted molar refractivity (Wildman–Crippen MR) is 64.9 cm³/mol. The van der Waals surface area contributed by atoms with E-state index in [0.717, 1.165) is 16.7 Å². The molecule has 0 N–H and O–H groups in total. The summed E-state index contributed by atoms with van der Waals surface area (Å²) < 4.78 is 0. The third kappa shape index (κ3) is 4.52. The molecule has 0 spiro atoms. The summed E-state index contributed by atoms with van der Waals surface area (Å²) in [7, 11) is 1.04. The Kier molecular flexibility index (Phi) is 7.08. The van der Waals surface area contributed by atoms with Crippen molar-refractivity contribution in [3.05, 3.63) is 0 Å². The Morgan fingerprint density at radius 2 is 1.62 bits per heavy atom. The predicted octanol–water partition coefficient (Wildman–Crippen LogP) is 2.70. The molecule has 0 unspecified atom stereocenters. The quantitative estimate of drug-likeness (QED) is 0.348. The van der Waals surface area contributed by atoms with Crippen LogP contribution in [0.1, 0.15) is 59.3 Å². The van der Waals surface area contributed by atoms with Gasteiger partial charge in [-0.3, -0.25) is 0 Å². The lowest BCUT2D eigenvalue weighted by Gasteiger charge is -2.30. The van der Waals surface area contributed by atoms with Crippen LogP contribution >= 0.6 is 0 Å². The highest BCUT2D eigenvalue weighted by Gasteiger charge is 2.22. The van der Waals surface area contributed by atoms with Crippen LogP contribution in [0, 0.1) is 16.9 Å². The zero-order valence-corrected chi connectivity index (χ0v) is 11.7. The lowest BCUT2D eigenvalue weighted by atomic mass is 9.76. The molecule has 0 nitrogen and oxygen atoms in total. The average molecular weight is 196 g/mol. The largest absolute Gasteiger partial charge is 0.144 e. The van der Waals surface area contributed by atoms with E-state index < -0.39 is 0 Å². The Labute approximate surface area is 86.9 Å². The van der Waals surface area contributed by atoms with Crippen LogP contribution in [0.15, 0.2) is 0 Å². The Morgan fingerprint density at radius 3 is 2.00 bits per heavy atom. The van der Waals surface area contributed by atoms with E-state index in [0.29, 0.717) is 5.41 Å². The molecule has 1 heteroatoms. The normalized spacial score (nSPS) is 11.0. The summed E-state index contributed by atoms with van der Waals surface area (Å²) in [5.74, 6) is 3.20. The molecule has 0 aromatic heterocycles. The highest BCUT2D eigenvalue weighted by Crippen LogP contribution is 2.35. The number of rotatable bonds is 6.